The largest absolute Gasteiger partial charge is 0.499 e. The topological polar surface area (TPSA) is 339 Å². The van der Waals surface area contributed by atoms with Gasteiger partial charge in [0.2, 0.25) is 0 Å². The van der Waals surface area contributed by atoms with Crippen molar-refractivity contribution in [3.63, 3.8) is 0 Å². The van der Waals surface area contributed by atoms with Crippen molar-refractivity contribution in [2.75, 3.05) is 165 Å². The molecule has 30 heteroatoms. The average molecular weight is 1600 g/mol. The van der Waals surface area contributed by atoms with Crippen LogP contribution in [0.1, 0.15) is 204 Å². The summed E-state index contributed by atoms with van der Waals surface area (Å²) in [6.45, 7) is 34.2. The molecule has 3 N–H and O–H groups in total. The van der Waals surface area contributed by atoms with Crippen LogP contribution in [0.25, 0.3) is 0 Å². The number of pyridine rings is 1. The molecule has 3 rings (SSSR count). The molecule has 0 spiro atoms. The van der Waals surface area contributed by atoms with E-state index in [1.807, 2.05) is 13.0 Å². The Kier molecular flexibility index (Phi) is 105. The van der Waals surface area contributed by atoms with E-state index in [1.54, 1.807) is 31.6 Å². The normalized spacial score (nSPS) is 11.5. The Morgan fingerprint density at radius 1 is 0.509 bits per heavy atom. The maximum Gasteiger partial charge on any atom is 0.303 e. The molecule has 106 heavy (non-hydrogen) atoms. The fraction of sp³-hybridized carbons (Fsp3) is 0.750. The van der Waals surface area contributed by atoms with Gasteiger partial charge in [0, 0.05) is 106 Å². The fourth-order valence-corrected chi connectivity index (χ4v) is 8.00. The van der Waals surface area contributed by atoms with Gasteiger partial charge < -0.3 is 86.4 Å². The third-order valence-electron chi connectivity index (χ3n) is 12.5. The number of hydrogen-bond acceptors (Lipinski definition) is 26. The second kappa shape index (κ2) is 99.7. The second-order valence-electron chi connectivity index (χ2n) is 22.2. The first-order valence-electron chi connectivity index (χ1n) is 38.3. The quantitative estimate of drug-likeness (QED) is 0.0104. The van der Waals surface area contributed by atoms with Crippen molar-refractivity contribution in [2.24, 2.45) is 9.98 Å². The maximum absolute atomic E-state index is 10.4. The van der Waals surface area contributed by atoms with E-state index in [-0.39, 0.29) is 46.6 Å². The molecule has 2 aliphatic heterocycles. The van der Waals surface area contributed by atoms with Crippen LogP contribution < -0.4 is 0 Å². The van der Waals surface area contributed by atoms with Crippen molar-refractivity contribution in [3.8, 4) is 0 Å². The third kappa shape index (κ3) is 110. The van der Waals surface area contributed by atoms with Crippen LogP contribution in [-0.4, -0.2) is 259 Å². The number of aliphatic carboxylic acids is 1. The summed E-state index contributed by atoms with van der Waals surface area (Å²) >= 11 is 0. The van der Waals surface area contributed by atoms with Crippen LogP contribution in [0.5, 0.6) is 0 Å². The number of carbonyl (C=O) groups is 6. The Balaban J connectivity index is -0.000000213. The number of ether oxygens (including phenoxy) is 15. The number of rotatable bonds is 54. The minimum Gasteiger partial charge on any atom is -0.499 e. The van der Waals surface area contributed by atoms with Gasteiger partial charge in [-0.3, -0.25) is 38.8 Å². The van der Waals surface area contributed by atoms with Gasteiger partial charge in [-0.05, 0) is 82.9 Å². The third-order valence-corrected chi connectivity index (χ3v) is 13.7. The van der Waals surface area contributed by atoms with E-state index in [4.69, 9.17) is 64.1 Å². The number of nitrogens with zero attached hydrogens (tertiary/aromatic N) is 3. The summed E-state index contributed by atoms with van der Waals surface area (Å²) in [6.07, 6.45) is 26.6. The number of allylic oxidation sites excluding steroid dienone is 2. The van der Waals surface area contributed by atoms with Crippen molar-refractivity contribution in [1.82, 2.24) is 4.98 Å². The van der Waals surface area contributed by atoms with Crippen molar-refractivity contribution >= 4 is 67.7 Å². The number of aliphatic imine (C=N–C) groups is 2. The van der Waals surface area contributed by atoms with Crippen LogP contribution in [0.2, 0.25) is 12.1 Å². The zero-order valence-electron chi connectivity index (χ0n) is 68.0. The van der Waals surface area contributed by atoms with E-state index in [1.165, 1.54) is 114 Å². The van der Waals surface area contributed by atoms with Crippen LogP contribution in [0.4, 0.5) is 0 Å². The molecule has 0 saturated carbocycles. The van der Waals surface area contributed by atoms with Crippen molar-refractivity contribution in [3.05, 3.63) is 66.9 Å². The summed E-state index contributed by atoms with van der Waals surface area (Å²) in [6, 6.07) is 8.58. The predicted molar refractivity (Wildman–Crippen MR) is 420 cm³/mol. The summed E-state index contributed by atoms with van der Waals surface area (Å²) in [4.78, 5) is 75.3. The molecule has 0 fully saturated rings. The van der Waals surface area contributed by atoms with Gasteiger partial charge in [-0.2, -0.15) is 0 Å². The smallest absolute Gasteiger partial charge is 0.303 e. The molecule has 623 valence electrons. The molecule has 0 unspecified atom stereocenters. The van der Waals surface area contributed by atoms with E-state index in [2.05, 4.69) is 84.2 Å². The zero-order valence-corrected chi connectivity index (χ0v) is 72.1. The van der Waals surface area contributed by atoms with Crippen molar-refractivity contribution < 1.29 is 133 Å². The number of esters is 5. The molecule has 0 saturated heterocycles. The van der Waals surface area contributed by atoms with E-state index < -0.39 is 12.3 Å². The Morgan fingerprint density at radius 2 is 0.868 bits per heavy atom. The number of aromatic nitrogens is 1. The van der Waals surface area contributed by atoms with Crippen LogP contribution in [0.3, 0.4) is 0 Å². The predicted octanol–water partition coefficient (Wildman–Crippen LogP) is 9.87. The Bertz CT molecular complexity index is 2210. The molecule has 1 aromatic heterocycles. The summed E-state index contributed by atoms with van der Waals surface area (Å²) in [5.41, 5.74) is 4.43. The molecule has 2 aliphatic rings. The number of carboxylic acid groups (broad SMARTS) is 1. The monoisotopic (exact) mass is 1600 g/mol. The van der Waals surface area contributed by atoms with E-state index >= 15 is 0 Å². The number of aliphatic hydroxyl groups is 2. The zero-order chi connectivity index (χ0) is 80.3. The fourth-order valence-electron chi connectivity index (χ4n) is 7.52. The Labute approximate surface area is 654 Å². The first-order valence-corrected chi connectivity index (χ1v) is 40.4. The van der Waals surface area contributed by atoms with Crippen LogP contribution in [0, 0.1) is 0 Å². The molecule has 1 aromatic rings. The molecule has 0 bridgehead atoms. The first kappa shape index (κ1) is 112. The van der Waals surface area contributed by atoms with Gasteiger partial charge >= 0.3 is 35.8 Å². The maximum atomic E-state index is 10.4. The molecule has 3 heterocycles. The minimum absolute atomic E-state index is 0. The van der Waals surface area contributed by atoms with Crippen molar-refractivity contribution in [2.45, 2.75) is 210 Å². The van der Waals surface area contributed by atoms with Gasteiger partial charge in [0.1, 0.15) is 46.2 Å². The van der Waals surface area contributed by atoms with E-state index in [0.717, 1.165) is 105 Å². The minimum atomic E-state index is -1.10. The number of unbranched alkanes of at least 4 members (excludes halogenated alkanes) is 8. The molecule has 0 aromatic carbocycles. The van der Waals surface area contributed by atoms with Gasteiger partial charge in [-0.15, -0.1) is 6.58 Å². The van der Waals surface area contributed by atoms with Gasteiger partial charge in [-0.25, -0.2) is 4.98 Å². The van der Waals surface area contributed by atoms with Gasteiger partial charge in [-0.1, -0.05) is 116 Å². The van der Waals surface area contributed by atoms with Gasteiger partial charge in [0.25, 0.3) is 0 Å². The summed E-state index contributed by atoms with van der Waals surface area (Å²) in [5.74, 6) is -2.06. The molecule has 0 atom stereocenters. The van der Waals surface area contributed by atoms with Gasteiger partial charge in [0.05, 0.1) is 128 Å². The van der Waals surface area contributed by atoms with Gasteiger partial charge in [0.15, 0.2) is 6.29 Å². The molecule has 0 aliphatic carbocycles. The first-order chi connectivity index (χ1) is 51.2. The molecular weight excluding hydrogens is 1450 g/mol. The molecule has 0 amide bonds. The van der Waals surface area contributed by atoms with Crippen LogP contribution >= 0.6 is 0 Å². The number of hydrogen-bond donors (Lipinski definition) is 3. The molecular formula is C76H143CoN3O24Si2. The summed E-state index contributed by atoms with van der Waals surface area (Å²) in [7, 11) is 2.41. The number of carboxylic acids is 1. The Morgan fingerprint density at radius 3 is 1.20 bits per heavy atom. The number of aliphatic hydroxyl groups excluding tert-OH is 1. The average Bonchev–Trinajstić information content (AvgIpc) is 1.80. The second-order valence-corrected chi connectivity index (χ2v) is 24.0. The van der Waals surface area contributed by atoms with Crippen molar-refractivity contribution in [1.29, 1.82) is 0 Å². The Hall–Kier alpha value is -5.33. The van der Waals surface area contributed by atoms with E-state index in [9.17, 15) is 28.8 Å². The van der Waals surface area contributed by atoms with Crippen LogP contribution in [-0.2, 0) is 117 Å². The van der Waals surface area contributed by atoms with Crippen LogP contribution in [0.15, 0.2) is 65.5 Å². The summed E-state index contributed by atoms with van der Waals surface area (Å²) in [5, 5.41) is 25.2. The standard InChI is InChI=1S/C13H15N3.C9H20O4Si.C9H18O4Si.C9H18O4.2C9H16O4.C8H18O2.C8H16O2.C2H6.Co/c1-4-12(10-6-2-8-14-10)16-13(5-1)11-7-3-9-15-11;2*1-9(10)13-7-6-12-5-4-11-3-2-8-14;3*1-3-4-11-5-6-12-7-8-13-9(2)10;2*1-2-3-4-5-6-7-8(9)10;1-2;/h1,4-5H,2-3,6-9H2;2-8H2,1,14H3;2-3H,4-8H2,1,14H3;3-8H2,1-2H3;3-4H,5-8H2,1-2H3;3H,1,4-8H2,2H3;8-10H,2-7H2,1H3;2-7H2,1H3,(H,9,10);1-2H3;/b;;;;4-3+;;;;;/i;;;;;;;;1D;. The number of carbonyl (C=O) groups excluding carboxylic acids is 5. The molecule has 27 nitrogen and oxygen atoms in total. The SMILES string of the molecule is C/C=C/OCCOCCOC(C)=O.C=CCOCCOCCOC(C)=O.CC(=O)OCCOCCOC=CC[SiH3].CC(=O)OCCOCCOCCC[SiH3].CCCCCCCC(=O)O.CCCCCCCC(O)O.CCCOCCOCCOC(C)=O.[2H]CC.[Co].c1cc(C2=NCCC2)nc(C2=NCCC2)c1. The van der Waals surface area contributed by atoms with E-state index in [0.29, 0.717) is 158 Å². The summed E-state index contributed by atoms with van der Waals surface area (Å²) < 4.78 is 80.8. The molecule has 1 radical (unpaired) electrons.